The standard InChI is InChI=1S/C26H35N5O3/c1-3-4-17-33-21-11-9-20(10-12-21)18-27-23(32)14-13-22-28-25(31-15-7-5-6-8-16-31)24-19(2)30-34-26(24)29-22/h9-12H,3-8,13-18H2,1-2H3,(H,27,32). The van der Waals surface area contributed by atoms with E-state index in [0.717, 1.165) is 73.6 Å². The molecule has 0 aliphatic carbocycles. The van der Waals surface area contributed by atoms with E-state index in [4.69, 9.17) is 14.2 Å². The third kappa shape index (κ3) is 6.24. The second kappa shape index (κ2) is 11.8. The zero-order chi connectivity index (χ0) is 23.8. The number of anilines is 1. The van der Waals surface area contributed by atoms with Crippen LogP contribution in [-0.2, 0) is 17.8 Å². The van der Waals surface area contributed by atoms with E-state index < -0.39 is 0 Å². The summed E-state index contributed by atoms with van der Waals surface area (Å²) in [6.07, 6.45) is 7.72. The largest absolute Gasteiger partial charge is 0.494 e. The molecule has 3 heterocycles. The number of hydrogen-bond donors (Lipinski definition) is 1. The van der Waals surface area contributed by atoms with E-state index in [0.29, 0.717) is 30.9 Å². The Balaban J connectivity index is 1.34. The van der Waals surface area contributed by atoms with Crippen molar-refractivity contribution in [3.63, 3.8) is 0 Å². The van der Waals surface area contributed by atoms with Crippen LogP contribution in [0.25, 0.3) is 11.1 Å². The van der Waals surface area contributed by atoms with E-state index in [1.54, 1.807) is 0 Å². The first-order valence-electron chi connectivity index (χ1n) is 12.5. The number of unbranched alkanes of at least 4 members (excludes halogenated alkanes) is 1. The molecular weight excluding hydrogens is 430 g/mol. The number of rotatable bonds is 10. The fourth-order valence-electron chi connectivity index (χ4n) is 4.19. The van der Waals surface area contributed by atoms with Crippen molar-refractivity contribution >= 4 is 22.8 Å². The summed E-state index contributed by atoms with van der Waals surface area (Å²) >= 11 is 0. The van der Waals surface area contributed by atoms with Crippen LogP contribution in [0.4, 0.5) is 5.82 Å². The molecule has 0 atom stereocenters. The molecule has 1 aliphatic rings. The molecule has 182 valence electrons. The van der Waals surface area contributed by atoms with Crippen LogP contribution in [0.15, 0.2) is 28.8 Å². The molecule has 8 heteroatoms. The van der Waals surface area contributed by atoms with Crippen LogP contribution in [0.5, 0.6) is 5.75 Å². The third-order valence-electron chi connectivity index (χ3n) is 6.19. The molecular formula is C26H35N5O3. The van der Waals surface area contributed by atoms with Crippen LogP contribution >= 0.6 is 0 Å². The Kier molecular flexibility index (Phi) is 8.33. The van der Waals surface area contributed by atoms with Crippen LogP contribution in [-0.4, -0.2) is 40.7 Å². The SMILES string of the molecule is CCCCOc1ccc(CNC(=O)CCc2nc(N3CCCCCC3)c3c(C)noc3n2)cc1. The zero-order valence-electron chi connectivity index (χ0n) is 20.3. The van der Waals surface area contributed by atoms with Gasteiger partial charge in [-0.15, -0.1) is 0 Å². The van der Waals surface area contributed by atoms with Crippen LogP contribution in [0.2, 0.25) is 0 Å². The predicted molar refractivity (Wildman–Crippen MR) is 132 cm³/mol. The van der Waals surface area contributed by atoms with E-state index in [1.807, 2.05) is 31.2 Å². The van der Waals surface area contributed by atoms with Gasteiger partial charge in [-0.1, -0.05) is 43.5 Å². The second-order valence-electron chi connectivity index (χ2n) is 8.94. The smallest absolute Gasteiger partial charge is 0.263 e. The molecule has 2 aromatic heterocycles. The highest BCUT2D eigenvalue weighted by Gasteiger charge is 2.21. The first kappa shape index (κ1) is 24.0. The third-order valence-corrected chi connectivity index (χ3v) is 6.19. The van der Waals surface area contributed by atoms with Gasteiger partial charge in [0.2, 0.25) is 5.91 Å². The van der Waals surface area contributed by atoms with Crippen molar-refractivity contribution in [3.8, 4) is 5.75 Å². The Labute approximate surface area is 201 Å². The normalized spacial score (nSPS) is 14.2. The molecule has 34 heavy (non-hydrogen) atoms. The molecule has 1 saturated heterocycles. The maximum absolute atomic E-state index is 12.5. The molecule has 4 rings (SSSR count). The predicted octanol–water partition coefficient (Wildman–Crippen LogP) is 4.73. The average molecular weight is 466 g/mol. The summed E-state index contributed by atoms with van der Waals surface area (Å²) in [7, 11) is 0. The molecule has 1 amide bonds. The molecule has 8 nitrogen and oxygen atoms in total. The molecule has 0 unspecified atom stereocenters. The van der Waals surface area contributed by atoms with E-state index in [-0.39, 0.29) is 5.91 Å². The van der Waals surface area contributed by atoms with E-state index in [9.17, 15) is 4.79 Å². The molecule has 0 spiro atoms. The maximum Gasteiger partial charge on any atom is 0.263 e. The monoisotopic (exact) mass is 465 g/mol. The molecule has 0 bridgehead atoms. The van der Waals surface area contributed by atoms with Crippen molar-refractivity contribution in [1.82, 2.24) is 20.4 Å². The summed E-state index contributed by atoms with van der Waals surface area (Å²) in [4.78, 5) is 24.2. The Bertz CT molecular complexity index is 1070. The van der Waals surface area contributed by atoms with Crippen LogP contribution in [0, 0.1) is 6.92 Å². The fraction of sp³-hybridized carbons (Fsp3) is 0.538. The Morgan fingerprint density at radius 1 is 1.12 bits per heavy atom. The maximum atomic E-state index is 12.5. The molecule has 0 saturated carbocycles. The molecule has 1 fully saturated rings. The Morgan fingerprint density at radius 3 is 2.62 bits per heavy atom. The number of fused-ring (bicyclic) bond motifs is 1. The first-order valence-corrected chi connectivity index (χ1v) is 12.5. The first-order chi connectivity index (χ1) is 16.6. The summed E-state index contributed by atoms with van der Waals surface area (Å²) in [6.45, 7) is 7.22. The molecule has 0 radical (unpaired) electrons. The highest BCUT2D eigenvalue weighted by Crippen LogP contribution is 2.29. The van der Waals surface area contributed by atoms with Crippen molar-refractivity contribution in [2.75, 3.05) is 24.6 Å². The van der Waals surface area contributed by atoms with Crippen LogP contribution in [0.3, 0.4) is 0 Å². The number of nitrogens with zero attached hydrogens (tertiary/aromatic N) is 4. The highest BCUT2D eigenvalue weighted by molar-refractivity contribution is 5.88. The minimum absolute atomic E-state index is 0.0305. The summed E-state index contributed by atoms with van der Waals surface area (Å²) in [5.74, 6) is 2.34. The van der Waals surface area contributed by atoms with Crippen molar-refractivity contribution in [3.05, 3.63) is 41.3 Å². The summed E-state index contributed by atoms with van der Waals surface area (Å²) in [5.41, 5.74) is 2.35. The van der Waals surface area contributed by atoms with Crippen molar-refractivity contribution in [1.29, 1.82) is 0 Å². The minimum atomic E-state index is -0.0305. The van der Waals surface area contributed by atoms with Crippen molar-refractivity contribution in [2.24, 2.45) is 0 Å². The number of benzene rings is 1. The lowest BCUT2D eigenvalue weighted by atomic mass is 10.2. The van der Waals surface area contributed by atoms with Crippen molar-refractivity contribution < 1.29 is 14.1 Å². The van der Waals surface area contributed by atoms with Gasteiger partial charge in [0.1, 0.15) is 22.8 Å². The molecule has 1 aromatic carbocycles. The fourth-order valence-corrected chi connectivity index (χ4v) is 4.19. The van der Waals surface area contributed by atoms with Gasteiger partial charge in [-0.2, -0.15) is 4.98 Å². The number of ether oxygens (including phenoxy) is 1. The lowest BCUT2D eigenvalue weighted by molar-refractivity contribution is -0.121. The number of carbonyl (C=O) groups excluding carboxylic acids is 1. The van der Waals surface area contributed by atoms with Gasteiger partial charge < -0.3 is 19.5 Å². The van der Waals surface area contributed by atoms with E-state index in [1.165, 1.54) is 12.8 Å². The number of nitrogens with one attached hydrogen (secondary N) is 1. The van der Waals surface area contributed by atoms with Gasteiger partial charge in [0.25, 0.3) is 5.71 Å². The lowest BCUT2D eigenvalue weighted by Gasteiger charge is -2.22. The summed E-state index contributed by atoms with van der Waals surface area (Å²) in [6, 6.07) is 7.87. The van der Waals surface area contributed by atoms with E-state index in [2.05, 4.69) is 27.3 Å². The van der Waals surface area contributed by atoms with Gasteiger partial charge in [0.15, 0.2) is 0 Å². The zero-order valence-corrected chi connectivity index (χ0v) is 20.3. The minimum Gasteiger partial charge on any atom is -0.494 e. The van der Waals surface area contributed by atoms with E-state index >= 15 is 0 Å². The van der Waals surface area contributed by atoms with Gasteiger partial charge in [0.05, 0.1) is 12.3 Å². The molecule has 1 N–H and O–H groups in total. The molecule has 3 aromatic rings. The highest BCUT2D eigenvalue weighted by atomic mass is 16.5. The summed E-state index contributed by atoms with van der Waals surface area (Å²) in [5, 5.41) is 7.98. The van der Waals surface area contributed by atoms with Crippen LogP contribution < -0.4 is 15.0 Å². The summed E-state index contributed by atoms with van der Waals surface area (Å²) < 4.78 is 11.2. The van der Waals surface area contributed by atoms with Gasteiger partial charge in [-0.05, 0) is 43.9 Å². The van der Waals surface area contributed by atoms with Gasteiger partial charge in [-0.25, -0.2) is 4.98 Å². The number of hydrogen-bond acceptors (Lipinski definition) is 7. The number of carbonyl (C=O) groups is 1. The van der Waals surface area contributed by atoms with Gasteiger partial charge in [0, 0.05) is 32.5 Å². The average Bonchev–Trinajstić information content (AvgIpc) is 3.05. The van der Waals surface area contributed by atoms with Gasteiger partial charge >= 0.3 is 0 Å². The van der Waals surface area contributed by atoms with Crippen LogP contribution in [0.1, 0.15) is 69.0 Å². The Morgan fingerprint density at radius 2 is 1.88 bits per heavy atom. The number of aromatic nitrogens is 3. The number of aryl methyl sites for hydroxylation is 2. The quantitative estimate of drug-likeness (QED) is 0.433. The molecule has 1 aliphatic heterocycles. The Hall–Kier alpha value is -3.16. The topological polar surface area (TPSA) is 93.4 Å². The lowest BCUT2D eigenvalue weighted by Crippen LogP contribution is -2.26. The van der Waals surface area contributed by atoms with Crippen molar-refractivity contribution in [2.45, 2.75) is 71.8 Å². The number of amides is 1. The second-order valence-corrected chi connectivity index (χ2v) is 8.94. The van der Waals surface area contributed by atoms with Gasteiger partial charge in [-0.3, -0.25) is 4.79 Å².